The second-order valence-electron chi connectivity index (χ2n) is 2.02. The Labute approximate surface area is 55.7 Å². The van der Waals surface area contributed by atoms with Gasteiger partial charge in [0, 0.05) is 16.0 Å². The first-order chi connectivity index (χ1) is 5.55. The minimum atomic E-state index is -1.84. The molecule has 1 heterocycles. The van der Waals surface area contributed by atoms with Gasteiger partial charge in [-0.2, -0.15) is 0 Å². The molecule has 0 aliphatic carbocycles. The predicted octanol–water partition coefficient (Wildman–Crippen LogP) is 0.372. The van der Waals surface area contributed by atoms with Crippen molar-refractivity contribution in [3.05, 3.63) is 0 Å². The quantitative estimate of drug-likeness (QED) is 0.570. The molecule has 0 aromatic carbocycles. The maximum absolute atomic E-state index is 7.44. The molecule has 0 bridgehead atoms. The zero-order chi connectivity index (χ0) is 9.19. The van der Waals surface area contributed by atoms with Crippen LogP contribution in [0, 0.1) is 5.92 Å². The fraction of sp³-hybridized carbons (Fsp3) is 1.00. The van der Waals surface area contributed by atoms with Gasteiger partial charge in [-0.05, 0) is 25.3 Å². The van der Waals surface area contributed by atoms with Gasteiger partial charge in [-0.3, -0.25) is 0 Å². The third kappa shape index (κ3) is 1.46. The lowest BCUT2D eigenvalue weighted by Gasteiger charge is -2.19. The van der Waals surface area contributed by atoms with Crippen LogP contribution in [0.5, 0.6) is 0 Å². The number of hydrogen-bond acceptors (Lipinski definition) is 2. The van der Waals surface area contributed by atoms with Gasteiger partial charge in [-0.15, -0.1) is 0 Å². The van der Waals surface area contributed by atoms with Gasteiger partial charge in [0.25, 0.3) is 0 Å². The minimum Gasteiger partial charge on any atom is -0.381 e. The summed E-state index contributed by atoms with van der Waals surface area (Å²) < 4.78 is 33.7. The Hall–Kier alpha value is -0.0800. The summed E-state index contributed by atoms with van der Waals surface area (Å²) in [7, 11) is 0. The average molecular weight is 119 g/mol. The topological polar surface area (TPSA) is 35.2 Å². The fourth-order valence-electron chi connectivity index (χ4n) is 0.827. The highest BCUT2D eigenvalue weighted by atomic mass is 16.5. The molecule has 2 N–H and O–H groups in total. The Morgan fingerprint density at radius 1 is 1.75 bits per heavy atom. The summed E-state index contributed by atoms with van der Waals surface area (Å²) >= 11 is 0. The Morgan fingerprint density at radius 3 is 3.12 bits per heavy atom. The Morgan fingerprint density at radius 2 is 2.50 bits per heavy atom. The first-order valence-electron chi connectivity index (χ1n) is 4.80. The fourth-order valence-corrected chi connectivity index (χ4v) is 0.827. The van der Waals surface area contributed by atoms with Crippen LogP contribution in [0.15, 0.2) is 0 Å². The van der Waals surface area contributed by atoms with Gasteiger partial charge in [0.15, 0.2) is 0 Å². The molecule has 1 aliphatic rings. The van der Waals surface area contributed by atoms with Crippen molar-refractivity contribution in [1.29, 1.82) is 0 Å². The molecule has 0 aromatic heterocycles. The summed E-state index contributed by atoms with van der Waals surface area (Å²) in [5.74, 6) is -0.249. The van der Waals surface area contributed by atoms with Gasteiger partial charge in [-0.25, -0.2) is 0 Å². The van der Waals surface area contributed by atoms with Crippen LogP contribution in [0.2, 0.25) is 2.82 Å². The summed E-state index contributed by atoms with van der Waals surface area (Å²) in [5.41, 5.74) is 0.156. The van der Waals surface area contributed by atoms with Gasteiger partial charge in [0.05, 0.1) is 0 Å². The number of hydrogen-bond donors (Lipinski definition) is 1. The van der Waals surface area contributed by atoms with Crippen molar-refractivity contribution in [2.24, 2.45) is 11.6 Å². The monoisotopic (exact) mass is 119 g/mol. The van der Waals surface area contributed by atoms with E-state index in [2.05, 4.69) is 0 Å². The molecule has 0 amide bonds. The van der Waals surface area contributed by atoms with Gasteiger partial charge in [-0.1, -0.05) is 0 Å². The molecular formula is C6H13NO. The van der Waals surface area contributed by atoms with E-state index in [0.29, 0.717) is 26.1 Å². The van der Waals surface area contributed by atoms with Crippen molar-refractivity contribution >= 4 is 0 Å². The lowest BCUT2D eigenvalue weighted by Crippen LogP contribution is -2.22. The van der Waals surface area contributed by atoms with Crippen molar-refractivity contribution < 1.29 is 10.3 Å². The van der Waals surface area contributed by atoms with E-state index in [1.54, 1.807) is 0 Å². The smallest absolute Gasteiger partial charge is 0.118 e. The Balaban J connectivity index is 2.53. The van der Waals surface area contributed by atoms with Crippen LogP contribution in [0.25, 0.3) is 0 Å². The van der Waals surface area contributed by atoms with Crippen LogP contribution in [0.4, 0.5) is 0 Å². The van der Waals surface area contributed by atoms with Crippen LogP contribution in [-0.2, 0) is 4.74 Å². The SMILES string of the molecule is [2H]N([2H])C([2H])([2H])C1CCOCC1. The van der Waals surface area contributed by atoms with E-state index < -0.39 is 6.50 Å². The van der Waals surface area contributed by atoms with Crippen LogP contribution >= 0.6 is 0 Å². The maximum Gasteiger partial charge on any atom is 0.118 e. The van der Waals surface area contributed by atoms with Gasteiger partial charge < -0.3 is 10.5 Å². The molecular weight excluding hydrogens is 102 g/mol. The van der Waals surface area contributed by atoms with Crippen molar-refractivity contribution in [2.45, 2.75) is 12.8 Å². The minimum absolute atomic E-state index is 0.156. The normalized spacial score (nSPS) is 33.1. The molecule has 0 unspecified atom stereocenters. The highest BCUT2D eigenvalue weighted by molar-refractivity contribution is 4.62. The largest absolute Gasteiger partial charge is 0.381 e. The van der Waals surface area contributed by atoms with Crippen LogP contribution in [0.3, 0.4) is 0 Å². The Bertz CT molecular complexity index is 146. The molecule has 0 spiro atoms. The van der Waals surface area contributed by atoms with E-state index in [4.69, 9.17) is 10.3 Å². The van der Waals surface area contributed by atoms with Crippen LogP contribution in [0.1, 0.15) is 15.6 Å². The predicted molar refractivity (Wildman–Crippen MR) is 32.6 cm³/mol. The third-order valence-electron chi connectivity index (χ3n) is 1.40. The summed E-state index contributed by atoms with van der Waals surface area (Å²) in [5, 5.41) is 0. The molecule has 0 radical (unpaired) electrons. The molecule has 0 aromatic rings. The molecule has 2 nitrogen and oxygen atoms in total. The lowest BCUT2D eigenvalue weighted by molar-refractivity contribution is 0.0688. The zero-order valence-corrected chi connectivity index (χ0v) is 4.76. The molecule has 2 heteroatoms. The van der Waals surface area contributed by atoms with E-state index in [-0.39, 0.29) is 11.6 Å². The molecule has 1 rings (SSSR count). The van der Waals surface area contributed by atoms with Gasteiger partial charge in [0.2, 0.25) is 0 Å². The number of nitrogens with two attached hydrogens (primary N) is 1. The first-order valence-corrected chi connectivity index (χ1v) is 2.91. The molecule has 1 fully saturated rings. The maximum atomic E-state index is 7.44. The average Bonchev–Trinajstić information content (AvgIpc) is 2.06. The van der Waals surface area contributed by atoms with E-state index in [0.717, 1.165) is 0 Å². The number of ether oxygens (including phenoxy) is 1. The molecule has 0 saturated carbocycles. The van der Waals surface area contributed by atoms with Crippen molar-refractivity contribution in [3.63, 3.8) is 0 Å². The van der Waals surface area contributed by atoms with Crippen molar-refractivity contribution in [3.8, 4) is 0 Å². The standard InChI is InChI=1S/C6H13NO/c7-5-6-1-3-8-4-2-6/h6H,1-5,7H2/i5D2/hD2. The third-order valence-corrected chi connectivity index (χ3v) is 1.40. The van der Waals surface area contributed by atoms with Crippen LogP contribution in [-0.4, -0.2) is 19.7 Å². The molecule has 1 saturated heterocycles. The summed E-state index contributed by atoms with van der Waals surface area (Å²) in [6.07, 6.45) is 1.20. The highest BCUT2D eigenvalue weighted by Gasteiger charge is 2.10. The van der Waals surface area contributed by atoms with Gasteiger partial charge >= 0.3 is 0 Å². The lowest BCUT2D eigenvalue weighted by atomic mass is 10.0. The Kier molecular flexibility index (Phi) is 1.02. The van der Waals surface area contributed by atoms with E-state index in [9.17, 15) is 0 Å². The van der Waals surface area contributed by atoms with Crippen molar-refractivity contribution in [2.75, 3.05) is 19.7 Å². The second-order valence-corrected chi connectivity index (χ2v) is 2.02. The van der Waals surface area contributed by atoms with E-state index in [1.807, 2.05) is 0 Å². The summed E-state index contributed by atoms with van der Waals surface area (Å²) in [6.45, 7) is -0.764. The molecule has 0 atom stereocenters. The molecule has 48 valence electrons. The molecule has 1 aliphatic heterocycles. The van der Waals surface area contributed by atoms with E-state index >= 15 is 0 Å². The zero-order valence-electron chi connectivity index (χ0n) is 8.76. The number of rotatable bonds is 2. The molecule has 8 heavy (non-hydrogen) atoms. The van der Waals surface area contributed by atoms with E-state index in [1.165, 1.54) is 0 Å². The van der Waals surface area contributed by atoms with Gasteiger partial charge in [0.1, 0.15) is 2.82 Å². The highest BCUT2D eigenvalue weighted by Crippen LogP contribution is 2.11. The first kappa shape index (κ1) is 2.67. The summed E-state index contributed by atoms with van der Waals surface area (Å²) in [4.78, 5) is 0. The second kappa shape index (κ2) is 3.05. The van der Waals surface area contributed by atoms with Crippen LogP contribution < -0.4 is 5.72 Å². The van der Waals surface area contributed by atoms with Crippen molar-refractivity contribution in [1.82, 2.24) is 0 Å². The summed E-state index contributed by atoms with van der Waals surface area (Å²) in [6, 6.07) is 0.